The normalized spacial score (nSPS) is 21.2. The van der Waals surface area contributed by atoms with E-state index in [4.69, 9.17) is 0 Å². The molecule has 1 atom stereocenters. The molecule has 2 rings (SSSR count). The molecule has 1 aliphatic heterocycles. The summed E-state index contributed by atoms with van der Waals surface area (Å²) in [4.78, 5) is 0. The van der Waals surface area contributed by atoms with Crippen LogP contribution in [0.5, 0.6) is 5.75 Å². The minimum Gasteiger partial charge on any atom is -0.508 e. The lowest BCUT2D eigenvalue weighted by Crippen LogP contribution is -2.44. The highest BCUT2D eigenvalue weighted by molar-refractivity contribution is 9.10. The number of aromatic hydroxyl groups is 1. The summed E-state index contributed by atoms with van der Waals surface area (Å²) in [6, 6.07) is 6.13. The zero-order chi connectivity index (χ0) is 9.26. The quantitative estimate of drug-likeness (QED) is 0.831. The maximum Gasteiger partial charge on any atom is 0.118 e. The van der Waals surface area contributed by atoms with Crippen molar-refractivity contribution in [3.8, 4) is 5.75 Å². The molecular formula is C10H12BrNO. The Bertz CT molecular complexity index is 310. The summed E-state index contributed by atoms with van der Waals surface area (Å²) in [5.41, 5.74) is 1.02. The molecule has 1 aromatic rings. The molecule has 1 aliphatic rings. The van der Waals surface area contributed by atoms with E-state index in [1.54, 1.807) is 6.07 Å². The van der Waals surface area contributed by atoms with Crippen molar-refractivity contribution in [2.75, 3.05) is 6.54 Å². The maximum atomic E-state index is 9.55. The first kappa shape index (κ1) is 9.03. The van der Waals surface area contributed by atoms with Gasteiger partial charge in [0.1, 0.15) is 5.75 Å². The Morgan fingerprint density at radius 3 is 2.92 bits per heavy atom. The molecule has 1 unspecified atom stereocenters. The van der Waals surface area contributed by atoms with Crippen LogP contribution in [0.3, 0.4) is 0 Å². The first-order valence-electron chi connectivity index (χ1n) is 4.46. The van der Waals surface area contributed by atoms with Crippen LogP contribution in [-0.4, -0.2) is 17.7 Å². The van der Waals surface area contributed by atoms with E-state index in [-0.39, 0.29) is 0 Å². The van der Waals surface area contributed by atoms with E-state index in [0.29, 0.717) is 11.8 Å². The van der Waals surface area contributed by atoms with Crippen LogP contribution < -0.4 is 5.32 Å². The predicted molar refractivity (Wildman–Crippen MR) is 55.9 cm³/mol. The number of nitrogens with one attached hydrogen (secondary N) is 1. The Kier molecular flexibility index (Phi) is 2.56. The van der Waals surface area contributed by atoms with E-state index < -0.39 is 0 Å². The fourth-order valence-corrected chi connectivity index (χ4v) is 1.91. The van der Waals surface area contributed by atoms with Crippen LogP contribution in [0.15, 0.2) is 22.7 Å². The molecule has 0 spiro atoms. The molecule has 3 heteroatoms. The van der Waals surface area contributed by atoms with Gasteiger partial charge in [-0.1, -0.05) is 15.9 Å². The van der Waals surface area contributed by atoms with Gasteiger partial charge >= 0.3 is 0 Å². The summed E-state index contributed by atoms with van der Waals surface area (Å²) in [6.07, 6.45) is 2.14. The summed E-state index contributed by atoms with van der Waals surface area (Å²) >= 11 is 3.39. The molecular weight excluding hydrogens is 230 g/mol. The molecule has 1 saturated heterocycles. The molecule has 0 aliphatic carbocycles. The Morgan fingerprint density at radius 2 is 2.31 bits per heavy atom. The molecule has 2 N–H and O–H groups in total. The average Bonchev–Trinajstić information content (AvgIpc) is 2.03. The smallest absolute Gasteiger partial charge is 0.118 e. The van der Waals surface area contributed by atoms with Crippen molar-refractivity contribution in [2.24, 2.45) is 0 Å². The Balaban J connectivity index is 2.13. The summed E-state index contributed by atoms with van der Waals surface area (Å²) in [5.74, 6) is 0.400. The molecule has 1 heterocycles. The van der Waals surface area contributed by atoms with E-state index in [9.17, 15) is 5.11 Å². The molecule has 0 bridgehead atoms. The predicted octanol–water partition coefficient (Wildman–Crippen LogP) is 2.06. The Labute approximate surface area is 86.1 Å². The van der Waals surface area contributed by atoms with Gasteiger partial charge in [-0.05, 0) is 43.1 Å². The largest absolute Gasteiger partial charge is 0.508 e. The van der Waals surface area contributed by atoms with Crippen molar-refractivity contribution < 1.29 is 5.11 Å². The van der Waals surface area contributed by atoms with Crippen LogP contribution in [0.2, 0.25) is 0 Å². The lowest BCUT2D eigenvalue weighted by atomic mass is 9.98. The van der Waals surface area contributed by atoms with Crippen molar-refractivity contribution >= 4 is 15.9 Å². The van der Waals surface area contributed by atoms with Crippen LogP contribution in [0.25, 0.3) is 0 Å². The highest BCUT2D eigenvalue weighted by atomic mass is 79.9. The Hall–Kier alpha value is -0.540. The van der Waals surface area contributed by atoms with Gasteiger partial charge in [0.2, 0.25) is 0 Å². The number of rotatable bonds is 2. The van der Waals surface area contributed by atoms with Crippen molar-refractivity contribution in [3.05, 3.63) is 28.2 Å². The number of benzene rings is 1. The molecule has 0 saturated carbocycles. The second-order valence-electron chi connectivity index (χ2n) is 3.42. The van der Waals surface area contributed by atoms with Gasteiger partial charge in [0, 0.05) is 10.5 Å². The molecule has 1 fully saturated rings. The van der Waals surface area contributed by atoms with E-state index in [1.165, 1.54) is 6.42 Å². The van der Waals surface area contributed by atoms with Crippen LogP contribution in [0.1, 0.15) is 12.0 Å². The monoisotopic (exact) mass is 241 g/mol. The Morgan fingerprint density at radius 1 is 1.54 bits per heavy atom. The zero-order valence-electron chi connectivity index (χ0n) is 7.26. The van der Waals surface area contributed by atoms with E-state index in [1.807, 2.05) is 12.1 Å². The third kappa shape index (κ3) is 2.03. The SMILES string of the molecule is Oc1ccc(Br)cc1CC1CCN1. The summed E-state index contributed by atoms with van der Waals surface area (Å²) in [7, 11) is 0. The third-order valence-corrected chi connectivity index (χ3v) is 2.93. The lowest BCUT2D eigenvalue weighted by Gasteiger charge is -2.27. The first-order chi connectivity index (χ1) is 6.25. The van der Waals surface area contributed by atoms with Crippen LogP contribution in [-0.2, 0) is 6.42 Å². The second-order valence-corrected chi connectivity index (χ2v) is 4.33. The molecule has 70 valence electrons. The molecule has 2 nitrogen and oxygen atoms in total. The molecule has 0 aromatic heterocycles. The van der Waals surface area contributed by atoms with Crippen molar-refractivity contribution in [1.82, 2.24) is 5.32 Å². The van der Waals surface area contributed by atoms with E-state index in [0.717, 1.165) is 23.0 Å². The number of halogens is 1. The minimum atomic E-state index is 0.400. The molecule has 13 heavy (non-hydrogen) atoms. The van der Waals surface area contributed by atoms with Gasteiger partial charge in [0.15, 0.2) is 0 Å². The number of hydrogen-bond donors (Lipinski definition) is 2. The standard InChI is InChI=1S/C10H12BrNO/c11-8-1-2-10(13)7(5-8)6-9-3-4-12-9/h1-2,5,9,12-13H,3-4,6H2. The number of phenolic OH excluding ortho intramolecular Hbond substituents is 1. The van der Waals surface area contributed by atoms with Gasteiger partial charge in [-0.15, -0.1) is 0 Å². The average molecular weight is 242 g/mol. The van der Waals surface area contributed by atoms with Gasteiger partial charge in [0.05, 0.1) is 0 Å². The zero-order valence-corrected chi connectivity index (χ0v) is 8.84. The fourth-order valence-electron chi connectivity index (χ4n) is 1.51. The van der Waals surface area contributed by atoms with Gasteiger partial charge in [-0.3, -0.25) is 0 Å². The maximum absolute atomic E-state index is 9.55. The lowest BCUT2D eigenvalue weighted by molar-refractivity contribution is 0.363. The van der Waals surface area contributed by atoms with Crippen LogP contribution >= 0.6 is 15.9 Å². The van der Waals surface area contributed by atoms with Gasteiger partial charge in [0.25, 0.3) is 0 Å². The third-order valence-electron chi connectivity index (χ3n) is 2.43. The minimum absolute atomic E-state index is 0.400. The van der Waals surface area contributed by atoms with Crippen LogP contribution in [0, 0.1) is 0 Å². The van der Waals surface area contributed by atoms with Gasteiger partial charge in [-0.25, -0.2) is 0 Å². The van der Waals surface area contributed by atoms with E-state index >= 15 is 0 Å². The topological polar surface area (TPSA) is 32.3 Å². The summed E-state index contributed by atoms with van der Waals surface area (Å²) < 4.78 is 1.03. The highest BCUT2D eigenvalue weighted by Crippen LogP contribution is 2.24. The summed E-state index contributed by atoms with van der Waals surface area (Å²) in [5, 5.41) is 12.9. The van der Waals surface area contributed by atoms with Gasteiger partial charge in [-0.2, -0.15) is 0 Å². The van der Waals surface area contributed by atoms with E-state index in [2.05, 4.69) is 21.2 Å². The fraction of sp³-hybridized carbons (Fsp3) is 0.400. The number of hydrogen-bond acceptors (Lipinski definition) is 2. The molecule has 0 radical (unpaired) electrons. The first-order valence-corrected chi connectivity index (χ1v) is 5.26. The summed E-state index contributed by atoms with van der Waals surface area (Å²) in [6.45, 7) is 1.11. The van der Waals surface area contributed by atoms with Crippen LogP contribution in [0.4, 0.5) is 0 Å². The number of phenols is 1. The highest BCUT2D eigenvalue weighted by Gasteiger charge is 2.17. The van der Waals surface area contributed by atoms with Crippen molar-refractivity contribution in [1.29, 1.82) is 0 Å². The molecule has 1 aromatic carbocycles. The molecule has 0 amide bonds. The van der Waals surface area contributed by atoms with Crippen molar-refractivity contribution in [3.63, 3.8) is 0 Å². The van der Waals surface area contributed by atoms with Crippen molar-refractivity contribution in [2.45, 2.75) is 18.9 Å². The van der Waals surface area contributed by atoms with Gasteiger partial charge < -0.3 is 10.4 Å². The second kappa shape index (κ2) is 3.68.